The Morgan fingerprint density at radius 2 is 1.80 bits per heavy atom. The third-order valence-electron chi connectivity index (χ3n) is 4.22. The SMILES string of the molecule is c1cncc(CN(Cc2cccs2)Cc2ccnc3ccccc23)c1. The van der Waals surface area contributed by atoms with Crippen LogP contribution in [0.4, 0.5) is 0 Å². The van der Waals surface area contributed by atoms with Gasteiger partial charge in [-0.2, -0.15) is 0 Å². The number of pyridine rings is 2. The second kappa shape index (κ2) is 7.55. The topological polar surface area (TPSA) is 29.0 Å². The van der Waals surface area contributed by atoms with E-state index < -0.39 is 0 Å². The van der Waals surface area contributed by atoms with Gasteiger partial charge in [0.15, 0.2) is 0 Å². The number of fused-ring (bicyclic) bond motifs is 1. The number of hydrogen-bond acceptors (Lipinski definition) is 4. The average molecular weight is 345 g/mol. The molecule has 0 atom stereocenters. The molecule has 0 spiro atoms. The normalized spacial score (nSPS) is 11.2. The fourth-order valence-electron chi connectivity index (χ4n) is 3.07. The standard InChI is InChI=1S/C21H19N3S/c1-2-8-21-20(7-1)18(9-11-23-21)15-24(16-19-6-4-12-25-19)14-17-5-3-10-22-13-17/h1-13H,14-16H2. The van der Waals surface area contributed by atoms with E-state index in [1.54, 1.807) is 11.3 Å². The molecule has 0 N–H and O–H groups in total. The molecule has 3 heterocycles. The van der Waals surface area contributed by atoms with Crippen molar-refractivity contribution in [1.82, 2.24) is 14.9 Å². The van der Waals surface area contributed by atoms with Crippen LogP contribution in [0.1, 0.15) is 16.0 Å². The van der Waals surface area contributed by atoms with Crippen LogP contribution in [0.25, 0.3) is 10.9 Å². The summed E-state index contributed by atoms with van der Waals surface area (Å²) in [5, 5.41) is 3.37. The van der Waals surface area contributed by atoms with Crippen molar-refractivity contribution in [1.29, 1.82) is 0 Å². The maximum absolute atomic E-state index is 4.48. The number of hydrogen-bond donors (Lipinski definition) is 0. The summed E-state index contributed by atoms with van der Waals surface area (Å²) in [5.41, 5.74) is 3.60. The zero-order valence-corrected chi connectivity index (χ0v) is 14.7. The first kappa shape index (κ1) is 15.9. The Morgan fingerprint density at radius 1 is 0.840 bits per heavy atom. The molecule has 4 heteroatoms. The second-order valence-corrected chi connectivity index (χ2v) is 7.11. The molecule has 4 rings (SSSR count). The van der Waals surface area contributed by atoms with E-state index in [-0.39, 0.29) is 0 Å². The first-order chi connectivity index (χ1) is 12.4. The minimum absolute atomic E-state index is 0.877. The lowest BCUT2D eigenvalue weighted by atomic mass is 10.1. The molecule has 0 unspecified atom stereocenters. The smallest absolute Gasteiger partial charge is 0.0705 e. The maximum Gasteiger partial charge on any atom is 0.0705 e. The third kappa shape index (κ3) is 3.92. The van der Waals surface area contributed by atoms with Crippen molar-refractivity contribution >= 4 is 22.2 Å². The van der Waals surface area contributed by atoms with Gasteiger partial charge in [0, 0.05) is 48.5 Å². The predicted molar refractivity (Wildman–Crippen MR) is 103 cm³/mol. The second-order valence-electron chi connectivity index (χ2n) is 6.07. The van der Waals surface area contributed by atoms with Crippen molar-refractivity contribution in [3.8, 4) is 0 Å². The molecule has 25 heavy (non-hydrogen) atoms. The van der Waals surface area contributed by atoms with Crippen molar-refractivity contribution < 1.29 is 0 Å². The Hall–Kier alpha value is -2.56. The van der Waals surface area contributed by atoms with Gasteiger partial charge in [0.25, 0.3) is 0 Å². The van der Waals surface area contributed by atoms with Gasteiger partial charge in [0.1, 0.15) is 0 Å². The number of nitrogens with zero attached hydrogens (tertiary/aromatic N) is 3. The van der Waals surface area contributed by atoms with E-state index in [0.717, 1.165) is 25.2 Å². The summed E-state index contributed by atoms with van der Waals surface area (Å²) < 4.78 is 0. The Balaban J connectivity index is 1.62. The Kier molecular flexibility index (Phi) is 4.81. The first-order valence-electron chi connectivity index (χ1n) is 8.35. The molecule has 0 amide bonds. The van der Waals surface area contributed by atoms with Gasteiger partial charge in [-0.05, 0) is 40.8 Å². The lowest BCUT2D eigenvalue weighted by Gasteiger charge is -2.22. The van der Waals surface area contributed by atoms with E-state index in [0.29, 0.717) is 0 Å². The van der Waals surface area contributed by atoms with E-state index >= 15 is 0 Å². The van der Waals surface area contributed by atoms with Gasteiger partial charge in [0.2, 0.25) is 0 Å². The van der Waals surface area contributed by atoms with Crippen LogP contribution in [0.2, 0.25) is 0 Å². The van der Waals surface area contributed by atoms with Gasteiger partial charge in [-0.3, -0.25) is 14.9 Å². The van der Waals surface area contributed by atoms with E-state index in [1.165, 1.54) is 21.4 Å². The zero-order chi connectivity index (χ0) is 16.9. The number of rotatable bonds is 6. The molecule has 4 aromatic rings. The molecule has 0 fully saturated rings. The summed E-state index contributed by atoms with van der Waals surface area (Å²) in [4.78, 5) is 12.6. The van der Waals surface area contributed by atoms with Crippen LogP contribution in [0.15, 0.2) is 78.6 Å². The largest absolute Gasteiger partial charge is 0.290 e. The highest BCUT2D eigenvalue weighted by Crippen LogP contribution is 2.21. The van der Waals surface area contributed by atoms with Crippen LogP contribution in [0, 0.1) is 0 Å². The van der Waals surface area contributed by atoms with Crippen LogP contribution >= 0.6 is 11.3 Å². The van der Waals surface area contributed by atoms with Gasteiger partial charge < -0.3 is 0 Å². The van der Waals surface area contributed by atoms with Crippen LogP contribution in [0.3, 0.4) is 0 Å². The third-order valence-corrected chi connectivity index (χ3v) is 5.08. The minimum Gasteiger partial charge on any atom is -0.290 e. The van der Waals surface area contributed by atoms with Gasteiger partial charge >= 0.3 is 0 Å². The van der Waals surface area contributed by atoms with E-state index in [2.05, 4.69) is 62.7 Å². The van der Waals surface area contributed by atoms with Crippen molar-refractivity contribution in [2.24, 2.45) is 0 Å². The molecule has 0 aliphatic carbocycles. The fourth-order valence-corrected chi connectivity index (χ4v) is 3.82. The van der Waals surface area contributed by atoms with Gasteiger partial charge in [-0.1, -0.05) is 30.3 Å². The molecule has 3 aromatic heterocycles. The summed E-state index contributed by atoms with van der Waals surface area (Å²) in [7, 11) is 0. The number of para-hydroxylation sites is 1. The predicted octanol–water partition coefficient (Wildman–Crippen LogP) is 4.89. The number of benzene rings is 1. The van der Waals surface area contributed by atoms with Crippen molar-refractivity contribution in [3.05, 3.63) is 94.6 Å². The monoisotopic (exact) mass is 345 g/mol. The molecule has 0 aliphatic heterocycles. The Morgan fingerprint density at radius 3 is 2.64 bits per heavy atom. The van der Waals surface area contributed by atoms with Crippen LogP contribution in [0.5, 0.6) is 0 Å². The quantitative estimate of drug-likeness (QED) is 0.498. The minimum atomic E-state index is 0.877. The highest BCUT2D eigenvalue weighted by molar-refractivity contribution is 7.09. The van der Waals surface area contributed by atoms with Gasteiger partial charge in [0.05, 0.1) is 5.52 Å². The van der Waals surface area contributed by atoms with Crippen LogP contribution in [-0.2, 0) is 19.6 Å². The zero-order valence-electron chi connectivity index (χ0n) is 13.9. The maximum atomic E-state index is 4.48. The first-order valence-corrected chi connectivity index (χ1v) is 9.23. The summed E-state index contributed by atoms with van der Waals surface area (Å²) >= 11 is 1.81. The van der Waals surface area contributed by atoms with E-state index in [9.17, 15) is 0 Å². The molecule has 0 bridgehead atoms. The summed E-state index contributed by atoms with van der Waals surface area (Å²) in [6, 6.07) is 18.9. The van der Waals surface area contributed by atoms with Crippen molar-refractivity contribution in [2.45, 2.75) is 19.6 Å². The Labute approximate surface area is 151 Å². The molecule has 3 nitrogen and oxygen atoms in total. The molecule has 0 saturated carbocycles. The van der Waals surface area contributed by atoms with Gasteiger partial charge in [-0.15, -0.1) is 11.3 Å². The summed E-state index contributed by atoms with van der Waals surface area (Å²) in [6.07, 6.45) is 5.68. The lowest BCUT2D eigenvalue weighted by molar-refractivity contribution is 0.250. The molecule has 0 radical (unpaired) electrons. The Bertz CT molecular complexity index is 930. The molecular weight excluding hydrogens is 326 g/mol. The average Bonchev–Trinajstić information content (AvgIpc) is 3.16. The van der Waals surface area contributed by atoms with Crippen LogP contribution < -0.4 is 0 Å². The molecule has 1 aromatic carbocycles. The summed E-state index contributed by atoms with van der Waals surface area (Å²) in [6.45, 7) is 2.70. The fraction of sp³-hybridized carbons (Fsp3) is 0.143. The molecule has 124 valence electrons. The molecular formula is C21H19N3S. The molecule has 0 aliphatic rings. The number of aromatic nitrogens is 2. The van der Waals surface area contributed by atoms with Gasteiger partial charge in [-0.25, -0.2) is 0 Å². The van der Waals surface area contributed by atoms with Crippen molar-refractivity contribution in [2.75, 3.05) is 0 Å². The molecule has 0 saturated heterocycles. The van der Waals surface area contributed by atoms with E-state index in [1.807, 2.05) is 30.7 Å². The van der Waals surface area contributed by atoms with E-state index in [4.69, 9.17) is 0 Å². The highest BCUT2D eigenvalue weighted by Gasteiger charge is 2.11. The van der Waals surface area contributed by atoms with Crippen molar-refractivity contribution in [3.63, 3.8) is 0 Å². The lowest BCUT2D eigenvalue weighted by Crippen LogP contribution is -2.22. The van der Waals surface area contributed by atoms with Crippen LogP contribution in [-0.4, -0.2) is 14.9 Å². The summed E-state index contributed by atoms with van der Waals surface area (Å²) in [5.74, 6) is 0. The highest BCUT2D eigenvalue weighted by atomic mass is 32.1. The number of thiophene rings is 1.